The number of nitrogens with one attached hydrogen (secondary N) is 1. The van der Waals surface area contributed by atoms with Crippen LogP contribution < -0.4 is 11.1 Å². The Labute approximate surface area is 85.2 Å². The molecule has 0 aliphatic carbocycles. The van der Waals surface area contributed by atoms with Crippen molar-refractivity contribution >= 4 is 5.97 Å². The molecule has 1 heterocycles. The Morgan fingerprint density at radius 2 is 2.21 bits per heavy atom. The number of esters is 1. The molecule has 0 bridgehead atoms. The quantitative estimate of drug-likeness (QED) is 0.628. The van der Waals surface area contributed by atoms with E-state index in [0.717, 1.165) is 19.5 Å². The number of carbonyl (C=O) groups excluding carboxylic acids is 1. The minimum Gasteiger partial charge on any atom is -0.459 e. The van der Waals surface area contributed by atoms with Gasteiger partial charge in [0.15, 0.2) is 0 Å². The summed E-state index contributed by atoms with van der Waals surface area (Å²) in [7, 11) is 0. The normalized spacial score (nSPS) is 24.7. The highest BCUT2D eigenvalue weighted by Crippen LogP contribution is 2.15. The number of rotatable bonds is 2. The summed E-state index contributed by atoms with van der Waals surface area (Å²) in [5, 5.41) is 3.18. The van der Waals surface area contributed by atoms with Gasteiger partial charge < -0.3 is 15.8 Å². The van der Waals surface area contributed by atoms with Gasteiger partial charge in [-0.3, -0.25) is 4.79 Å². The molecule has 0 radical (unpaired) electrons. The fraction of sp³-hybridized carbons (Fsp3) is 0.900. The Morgan fingerprint density at radius 3 is 2.64 bits per heavy atom. The van der Waals surface area contributed by atoms with Gasteiger partial charge in [-0.1, -0.05) is 0 Å². The van der Waals surface area contributed by atoms with Gasteiger partial charge in [-0.25, -0.2) is 0 Å². The molecule has 82 valence electrons. The monoisotopic (exact) mass is 200 g/mol. The Kier molecular flexibility index (Phi) is 3.50. The molecule has 0 aromatic rings. The summed E-state index contributed by atoms with van der Waals surface area (Å²) in [5.41, 5.74) is 5.37. The van der Waals surface area contributed by atoms with Crippen LogP contribution in [0.25, 0.3) is 0 Å². The molecule has 14 heavy (non-hydrogen) atoms. The summed E-state index contributed by atoms with van der Waals surface area (Å²) in [6.07, 6.45) is 0.959. The minimum absolute atomic E-state index is 0.227. The predicted octanol–water partition coefficient (Wildman–Crippen LogP) is 0.265. The van der Waals surface area contributed by atoms with Gasteiger partial charge in [-0.05, 0) is 39.7 Å². The number of hydrogen-bond acceptors (Lipinski definition) is 4. The van der Waals surface area contributed by atoms with Crippen LogP contribution in [0.4, 0.5) is 0 Å². The van der Waals surface area contributed by atoms with E-state index in [0.29, 0.717) is 0 Å². The van der Waals surface area contributed by atoms with Crippen LogP contribution in [0.3, 0.4) is 0 Å². The molecule has 0 spiro atoms. The molecule has 0 amide bonds. The highest BCUT2D eigenvalue weighted by atomic mass is 16.6. The van der Waals surface area contributed by atoms with Gasteiger partial charge in [-0.2, -0.15) is 0 Å². The smallest absolute Gasteiger partial charge is 0.323 e. The molecule has 2 unspecified atom stereocenters. The van der Waals surface area contributed by atoms with Crippen LogP contribution >= 0.6 is 0 Å². The van der Waals surface area contributed by atoms with Crippen molar-refractivity contribution in [2.24, 2.45) is 11.7 Å². The summed E-state index contributed by atoms with van der Waals surface area (Å²) >= 11 is 0. The second kappa shape index (κ2) is 4.28. The van der Waals surface area contributed by atoms with E-state index in [2.05, 4.69) is 5.32 Å². The molecule has 0 saturated carbocycles. The highest BCUT2D eigenvalue weighted by molar-refractivity contribution is 5.76. The summed E-state index contributed by atoms with van der Waals surface area (Å²) in [4.78, 5) is 11.6. The average molecular weight is 200 g/mol. The second-order valence-corrected chi connectivity index (χ2v) is 4.81. The van der Waals surface area contributed by atoms with Crippen LogP contribution in [0.1, 0.15) is 27.2 Å². The molecule has 1 aliphatic rings. The van der Waals surface area contributed by atoms with Crippen LogP contribution in [-0.4, -0.2) is 30.7 Å². The van der Waals surface area contributed by atoms with Crippen LogP contribution in [0.5, 0.6) is 0 Å². The maximum atomic E-state index is 11.6. The van der Waals surface area contributed by atoms with Gasteiger partial charge in [0.25, 0.3) is 0 Å². The van der Waals surface area contributed by atoms with Crippen molar-refractivity contribution in [2.45, 2.75) is 38.8 Å². The van der Waals surface area contributed by atoms with Gasteiger partial charge in [0.1, 0.15) is 11.6 Å². The average Bonchev–Trinajstić information content (AvgIpc) is 2.51. The topological polar surface area (TPSA) is 64.3 Å². The first kappa shape index (κ1) is 11.5. The number of carbonyl (C=O) groups is 1. The first-order valence-electron chi connectivity index (χ1n) is 5.09. The van der Waals surface area contributed by atoms with Gasteiger partial charge in [0.2, 0.25) is 0 Å². The van der Waals surface area contributed by atoms with Gasteiger partial charge in [0.05, 0.1) is 0 Å². The lowest BCUT2D eigenvalue weighted by molar-refractivity contribution is -0.157. The van der Waals surface area contributed by atoms with Crippen LogP contribution in [0, 0.1) is 5.92 Å². The first-order valence-corrected chi connectivity index (χ1v) is 5.09. The van der Waals surface area contributed by atoms with E-state index in [-0.39, 0.29) is 11.9 Å². The number of hydrogen-bond donors (Lipinski definition) is 2. The van der Waals surface area contributed by atoms with Crippen LogP contribution in [-0.2, 0) is 9.53 Å². The molecular weight excluding hydrogens is 180 g/mol. The third kappa shape index (κ3) is 3.27. The lowest BCUT2D eigenvalue weighted by Gasteiger charge is -2.24. The van der Waals surface area contributed by atoms with E-state index in [1.54, 1.807) is 0 Å². The van der Waals surface area contributed by atoms with Crippen molar-refractivity contribution < 1.29 is 9.53 Å². The van der Waals surface area contributed by atoms with Crippen molar-refractivity contribution in [3.05, 3.63) is 0 Å². The molecule has 0 aromatic carbocycles. The van der Waals surface area contributed by atoms with E-state index in [1.165, 1.54) is 0 Å². The number of ether oxygens (including phenoxy) is 1. The lowest BCUT2D eigenvalue weighted by Crippen LogP contribution is -2.43. The van der Waals surface area contributed by atoms with Gasteiger partial charge in [0, 0.05) is 6.54 Å². The molecule has 4 nitrogen and oxygen atoms in total. The van der Waals surface area contributed by atoms with E-state index in [9.17, 15) is 4.79 Å². The van der Waals surface area contributed by atoms with Crippen molar-refractivity contribution in [2.75, 3.05) is 13.1 Å². The Balaban J connectivity index is 2.43. The molecule has 2 atom stereocenters. The molecule has 1 aliphatic heterocycles. The maximum absolute atomic E-state index is 11.6. The van der Waals surface area contributed by atoms with E-state index in [4.69, 9.17) is 10.5 Å². The second-order valence-electron chi connectivity index (χ2n) is 4.81. The van der Waals surface area contributed by atoms with Crippen LogP contribution in [0.2, 0.25) is 0 Å². The Morgan fingerprint density at radius 1 is 1.57 bits per heavy atom. The molecule has 1 saturated heterocycles. The zero-order valence-electron chi connectivity index (χ0n) is 9.17. The molecule has 0 aromatic heterocycles. The summed E-state index contributed by atoms with van der Waals surface area (Å²) in [6, 6.07) is -0.482. The molecular formula is C10H20N2O2. The molecule has 3 N–H and O–H groups in total. The van der Waals surface area contributed by atoms with Crippen molar-refractivity contribution in [3.63, 3.8) is 0 Å². The van der Waals surface area contributed by atoms with E-state index < -0.39 is 11.6 Å². The van der Waals surface area contributed by atoms with Gasteiger partial charge in [-0.15, -0.1) is 0 Å². The summed E-state index contributed by atoms with van der Waals surface area (Å²) < 4.78 is 5.22. The fourth-order valence-electron chi connectivity index (χ4n) is 1.55. The Bertz CT molecular complexity index is 205. The minimum atomic E-state index is -0.482. The zero-order chi connectivity index (χ0) is 10.8. The van der Waals surface area contributed by atoms with E-state index in [1.807, 2.05) is 20.8 Å². The lowest BCUT2D eigenvalue weighted by atomic mass is 10.00. The first-order chi connectivity index (χ1) is 6.40. The fourth-order valence-corrected chi connectivity index (χ4v) is 1.55. The molecule has 1 rings (SSSR count). The SMILES string of the molecule is CC(C)(C)OC(=O)C(N)C1CCNC1. The zero-order valence-corrected chi connectivity index (χ0v) is 9.17. The Hall–Kier alpha value is -0.610. The summed E-state index contributed by atoms with van der Waals surface area (Å²) in [6.45, 7) is 7.32. The number of nitrogens with two attached hydrogens (primary N) is 1. The van der Waals surface area contributed by atoms with Crippen molar-refractivity contribution in [1.29, 1.82) is 0 Å². The molecule has 4 heteroatoms. The molecule has 1 fully saturated rings. The van der Waals surface area contributed by atoms with Crippen LogP contribution in [0.15, 0.2) is 0 Å². The predicted molar refractivity (Wildman–Crippen MR) is 54.8 cm³/mol. The van der Waals surface area contributed by atoms with Crippen molar-refractivity contribution in [3.8, 4) is 0 Å². The van der Waals surface area contributed by atoms with E-state index >= 15 is 0 Å². The highest BCUT2D eigenvalue weighted by Gasteiger charge is 2.30. The van der Waals surface area contributed by atoms with Crippen molar-refractivity contribution in [1.82, 2.24) is 5.32 Å². The maximum Gasteiger partial charge on any atom is 0.323 e. The summed E-state index contributed by atoms with van der Waals surface area (Å²) in [5.74, 6) is -0.0592. The standard InChI is InChI=1S/C10H20N2O2/c1-10(2,3)14-9(13)8(11)7-4-5-12-6-7/h7-8,12H,4-6,11H2,1-3H3. The third-order valence-electron chi connectivity index (χ3n) is 2.29. The third-order valence-corrected chi connectivity index (χ3v) is 2.29. The van der Waals surface area contributed by atoms with Gasteiger partial charge >= 0.3 is 5.97 Å². The largest absolute Gasteiger partial charge is 0.459 e.